The van der Waals surface area contributed by atoms with Gasteiger partial charge in [0.05, 0.1) is 24.9 Å². The first-order chi connectivity index (χ1) is 15.2. The third kappa shape index (κ3) is 5.60. The molecule has 1 fully saturated rings. The average Bonchev–Trinajstić information content (AvgIpc) is 3.46. The number of thioether (sulfide) groups is 2. The molecule has 0 radical (unpaired) electrons. The second kappa shape index (κ2) is 10.7. The van der Waals surface area contributed by atoms with Crippen molar-refractivity contribution in [2.75, 3.05) is 25.2 Å². The van der Waals surface area contributed by atoms with Crippen molar-refractivity contribution in [2.24, 2.45) is 0 Å². The number of carbonyl (C=O) groups excluding carboxylic acids is 1. The summed E-state index contributed by atoms with van der Waals surface area (Å²) in [6, 6.07) is 19.9. The molecule has 0 bridgehead atoms. The number of furan rings is 1. The van der Waals surface area contributed by atoms with Gasteiger partial charge in [0, 0.05) is 12.3 Å². The van der Waals surface area contributed by atoms with Crippen LogP contribution >= 0.6 is 23.5 Å². The fourth-order valence-electron chi connectivity index (χ4n) is 3.39. The molecule has 0 spiro atoms. The predicted molar refractivity (Wildman–Crippen MR) is 126 cm³/mol. The van der Waals surface area contributed by atoms with Crippen LogP contribution in [0.2, 0.25) is 0 Å². The Kier molecular flexibility index (Phi) is 7.48. The number of rotatable bonds is 10. The van der Waals surface area contributed by atoms with Crippen molar-refractivity contribution in [3.05, 3.63) is 83.8 Å². The second-order valence-corrected chi connectivity index (χ2v) is 9.24. The second-order valence-electron chi connectivity index (χ2n) is 7.07. The van der Waals surface area contributed by atoms with Crippen LogP contribution in [0.15, 0.2) is 71.3 Å². The fraction of sp³-hybridized carbons (Fsp3) is 0.292. The molecule has 1 aliphatic rings. The van der Waals surface area contributed by atoms with Gasteiger partial charge in [-0.1, -0.05) is 36.4 Å². The number of amides is 1. The van der Waals surface area contributed by atoms with E-state index in [2.05, 4.69) is 0 Å². The van der Waals surface area contributed by atoms with Gasteiger partial charge in [0.1, 0.15) is 17.7 Å². The Labute approximate surface area is 191 Å². The summed E-state index contributed by atoms with van der Waals surface area (Å²) >= 11 is 3.43. The molecule has 0 saturated carbocycles. The molecule has 1 saturated heterocycles. The van der Waals surface area contributed by atoms with Gasteiger partial charge in [-0.3, -0.25) is 4.79 Å². The molecule has 0 N–H and O–H groups in total. The molecule has 1 atom stereocenters. The van der Waals surface area contributed by atoms with Crippen LogP contribution in [0, 0.1) is 0 Å². The van der Waals surface area contributed by atoms with Crippen LogP contribution in [0.4, 0.5) is 0 Å². The van der Waals surface area contributed by atoms with Gasteiger partial charge in [-0.05, 0) is 35.4 Å². The molecule has 7 heteroatoms. The maximum absolute atomic E-state index is 12.5. The summed E-state index contributed by atoms with van der Waals surface area (Å²) < 4.78 is 16.9. The first-order valence-electron chi connectivity index (χ1n) is 10.1. The lowest BCUT2D eigenvalue weighted by Gasteiger charge is -2.25. The van der Waals surface area contributed by atoms with Crippen LogP contribution in [-0.2, 0) is 17.2 Å². The summed E-state index contributed by atoms with van der Waals surface area (Å²) in [5, 5.41) is -0.00575. The summed E-state index contributed by atoms with van der Waals surface area (Å²) in [4.78, 5) is 14.4. The maximum Gasteiger partial charge on any atom is 0.233 e. The lowest BCUT2D eigenvalue weighted by molar-refractivity contribution is -0.127. The standard InChI is InChI=1S/C24H25NO4S2/c1-27-22-14-19(9-10-21(22)29-15-18-6-3-2-4-7-18)24-25(23(26)17-31-24)11-13-30-16-20-8-5-12-28-20/h2-10,12,14,24H,11,13,15-17H2,1H3. The lowest BCUT2D eigenvalue weighted by atomic mass is 10.1. The average molecular weight is 456 g/mol. The predicted octanol–water partition coefficient (Wildman–Crippen LogP) is 5.37. The van der Waals surface area contributed by atoms with Crippen molar-refractivity contribution in [1.29, 1.82) is 0 Å². The van der Waals surface area contributed by atoms with Gasteiger partial charge in [0.25, 0.3) is 0 Å². The lowest BCUT2D eigenvalue weighted by Crippen LogP contribution is -2.30. The number of carbonyl (C=O) groups is 1. The zero-order valence-corrected chi connectivity index (χ0v) is 19.0. The number of hydrogen-bond acceptors (Lipinski definition) is 6. The summed E-state index contributed by atoms with van der Waals surface area (Å²) in [6.45, 7) is 1.18. The summed E-state index contributed by atoms with van der Waals surface area (Å²) in [7, 11) is 1.64. The first-order valence-corrected chi connectivity index (χ1v) is 12.3. The minimum Gasteiger partial charge on any atom is -0.493 e. The number of methoxy groups -OCH3 is 1. The Morgan fingerprint density at radius 2 is 2.00 bits per heavy atom. The van der Waals surface area contributed by atoms with E-state index in [0.717, 1.165) is 28.4 Å². The molecule has 4 rings (SSSR count). The van der Waals surface area contributed by atoms with Crippen molar-refractivity contribution < 1.29 is 18.7 Å². The van der Waals surface area contributed by atoms with Crippen molar-refractivity contribution in [1.82, 2.24) is 4.90 Å². The minimum absolute atomic E-state index is 0.00575. The highest BCUT2D eigenvalue weighted by atomic mass is 32.2. The molecule has 31 heavy (non-hydrogen) atoms. The van der Waals surface area contributed by atoms with Gasteiger partial charge in [-0.25, -0.2) is 0 Å². The van der Waals surface area contributed by atoms with Crippen LogP contribution in [0.25, 0.3) is 0 Å². The number of nitrogens with zero attached hydrogens (tertiary/aromatic N) is 1. The van der Waals surface area contributed by atoms with Crippen molar-refractivity contribution in [3.8, 4) is 11.5 Å². The third-order valence-electron chi connectivity index (χ3n) is 4.98. The smallest absolute Gasteiger partial charge is 0.233 e. The molecule has 2 aromatic carbocycles. The molecule has 2 heterocycles. The molecule has 0 aliphatic carbocycles. The highest BCUT2D eigenvalue weighted by Gasteiger charge is 2.32. The summed E-state index contributed by atoms with van der Waals surface area (Å²) in [5.41, 5.74) is 2.15. The van der Waals surface area contributed by atoms with Gasteiger partial charge in [0.15, 0.2) is 11.5 Å². The van der Waals surface area contributed by atoms with E-state index in [4.69, 9.17) is 13.9 Å². The Bertz CT molecular complexity index is 979. The molecule has 1 amide bonds. The topological polar surface area (TPSA) is 51.9 Å². The van der Waals surface area contributed by atoms with Gasteiger partial charge in [-0.2, -0.15) is 11.8 Å². The molecule has 1 aliphatic heterocycles. The summed E-state index contributed by atoms with van der Waals surface area (Å²) in [5.74, 6) is 4.69. The first kappa shape index (κ1) is 21.7. The molecular formula is C24H25NO4S2. The largest absolute Gasteiger partial charge is 0.493 e. The van der Waals surface area contributed by atoms with Crippen molar-refractivity contribution in [2.45, 2.75) is 17.7 Å². The van der Waals surface area contributed by atoms with Gasteiger partial charge >= 0.3 is 0 Å². The highest BCUT2D eigenvalue weighted by molar-refractivity contribution is 8.00. The van der Waals surface area contributed by atoms with Crippen molar-refractivity contribution >= 4 is 29.4 Å². The number of ether oxygens (including phenoxy) is 2. The maximum atomic E-state index is 12.5. The quantitative estimate of drug-likeness (QED) is 0.383. The third-order valence-corrected chi connectivity index (χ3v) is 7.19. The van der Waals surface area contributed by atoms with Gasteiger partial charge in [0.2, 0.25) is 5.91 Å². The zero-order valence-electron chi connectivity index (χ0n) is 17.4. The van der Waals surface area contributed by atoms with Crippen LogP contribution < -0.4 is 9.47 Å². The van der Waals surface area contributed by atoms with E-state index in [1.54, 1.807) is 36.9 Å². The molecular weight excluding hydrogens is 430 g/mol. The highest BCUT2D eigenvalue weighted by Crippen LogP contribution is 2.41. The van der Waals surface area contributed by atoms with E-state index >= 15 is 0 Å². The van der Waals surface area contributed by atoms with Crippen LogP contribution in [0.5, 0.6) is 11.5 Å². The Hall–Kier alpha value is -2.51. The van der Waals surface area contributed by atoms with Crippen molar-refractivity contribution in [3.63, 3.8) is 0 Å². The molecule has 1 aromatic heterocycles. The molecule has 1 unspecified atom stereocenters. The van der Waals surface area contributed by atoms with E-state index in [9.17, 15) is 4.79 Å². The van der Waals surface area contributed by atoms with E-state index in [1.807, 2.05) is 65.6 Å². The number of hydrogen-bond donors (Lipinski definition) is 0. The van der Waals surface area contributed by atoms with Gasteiger partial charge < -0.3 is 18.8 Å². The fourth-order valence-corrected chi connectivity index (χ4v) is 5.44. The van der Waals surface area contributed by atoms with E-state index in [1.165, 1.54) is 0 Å². The van der Waals surface area contributed by atoms with E-state index < -0.39 is 0 Å². The zero-order chi connectivity index (χ0) is 21.5. The Morgan fingerprint density at radius 1 is 1.13 bits per heavy atom. The normalized spacial score (nSPS) is 16.0. The van der Waals surface area contributed by atoms with Gasteiger partial charge in [-0.15, -0.1) is 11.8 Å². The summed E-state index contributed by atoms with van der Waals surface area (Å²) in [6.07, 6.45) is 1.69. The van der Waals surface area contributed by atoms with E-state index in [0.29, 0.717) is 30.4 Å². The van der Waals surface area contributed by atoms with E-state index in [-0.39, 0.29) is 11.3 Å². The molecule has 162 valence electrons. The SMILES string of the molecule is COc1cc(C2SCC(=O)N2CCSCc2ccco2)ccc1OCc1ccccc1. The Balaban J connectivity index is 1.38. The number of benzene rings is 2. The van der Waals surface area contributed by atoms with Crippen LogP contribution in [0.3, 0.4) is 0 Å². The van der Waals surface area contributed by atoms with Crippen LogP contribution in [-0.4, -0.2) is 36.0 Å². The minimum atomic E-state index is -0.00575. The Morgan fingerprint density at radius 3 is 2.77 bits per heavy atom. The molecule has 5 nitrogen and oxygen atoms in total. The van der Waals surface area contributed by atoms with Crippen LogP contribution in [0.1, 0.15) is 22.3 Å². The monoisotopic (exact) mass is 455 g/mol. The molecule has 3 aromatic rings.